The Morgan fingerprint density at radius 2 is 1.63 bits per heavy atom. The minimum Gasteiger partial charge on any atom is -0.371 e. The molecule has 4 aromatic rings. The number of nitrogens with one attached hydrogen (secondary N) is 2. The molecule has 2 aromatic heterocycles. The largest absolute Gasteiger partial charge is 0.371 e. The number of piperidine rings is 4. The van der Waals surface area contributed by atoms with E-state index in [1.165, 1.54) is 5.56 Å². The van der Waals surface area contributed by atoms with Crippen molar-refractivity contribution in [3.63, 3.8) is 0 Å². The Balaban J connectivity index is 0.808. The molecular weight excluding hydrogens is 724 g/mol. The molecule has 12 nitrogen and oxygen atoms in total. The van der Waals surface area contributed by atoms with Crippen LogP contribution in [0.4, 0.5) is 11.6 Å². The number of aryl methyl sites for hydroxylation is 1. The van der Waals surface area contributed by atoms with Crippen molar-refractivity contribution in [3.05, 3.63) is 77.2 Å². The van der Waals surface area contributed by atoms with Gasteiger partial charge in [-0.05, 0) is 105 Å². The first-order valence-corrected chi connectivity index (χ1v) is 21.2. The van der Waals surface area contributed by atoms with Gasteiger partial charge < -0.3 is 19.7 Å². The lowest BCUT2D eigenvalue weighted by Gasteiger charge is -2.38. The third-order valence-electron chi connectivity index (χ3n) is 12.1. The third kappa shape index (κ3) is 7.87. The minimum atomic E-state index is -3.60. The molecule has 286 valence electrons. The van der Waals surface area contributed by atoms with Gasteiger partial charge in [0.15, 0.2) is 0 Å². The maximum absolute atomic E-state index is 13.7. The molecular formula is C40H49ClN8O4S. The van der Waals surface area contributed by atoms with Gasteiger partial charge in [0.05, 0.1) is 28.2 Å². The molecule has 2 N–H and O–H groups in total. The quantitative estimate of drug-likeness (QED) is 0.212. The van der Waals surface area contributed by atoms with Crippen LogP contribution in [-0.4, -0.2) is 95.8 Å². The van der Waals surface area contributed by atoms with E-state index in [-0.39, 0.29) is 23.8 Å². The summed E-state index contributed by atoms with van der Waals surface area (Å²) in [6, 6.07) is 14.3. The fourth-order valence-electron chi connectivity index (χ4n) is 8.94. The molecule has 0 aliphatic carbocycles. The zero-order valence-electron chi connectivity index (χ0n) is 30.8. The maximum Gasteiger partial charge on any atom is 0.243 e. The van der Waals surface area contributed by atoms with Crippen LogP contribution >= 0.6 is 11.6 Å². The lowest BCUT2D eigenvalue weighted by molar-refractivity contribution is -0.134. The monoisotopic (exact) mass is 772 g/mol. The van der Waals surface area contributed by atoms with Gasteiger partial charge in [-0.25, -0.2) is 18.4 Å². The molecule has 4 aliphatic rings. The van der Waals surface area contributed by atoms with Crippen molar-refractivity contribution in [2.45, 2.75) is 74.1 Å². The molecule has 1 unspecified atom stereocenters. The van der Waals surface area contributed by atoms with Crippen LogP contribution in [0.1, 0.15) is 74.3 Å². The van der Waals surface area contributed by atoms with Gasteiger partial charge >= 0.3 is 0 Å². The van der Waals surface area contributed by atoms with Crippen molar-refractivity contribution in [3.8, 4) is 0 Å². The maximum atomic E-state index is 13.7. The number of aromatic nitrogens is 3. The Morgan fingerprint density at radius 1 is 0.889 bits per heavy atom. The number of halogens is 1. The second-order valence-corrected chi connectivity index (χ2v) is 17.9. The first-order valence-electron chi connectivity index (χ1n) is 19.3. The average Bonchev–Trinajstić information content (AvgIpc) is 3.51. The highest BCUT2D eigenvalue weighted by Gasteiger charge is 2.33. The van der Waals surface area contributed by atoms with Crippen molar-refractivity contribution in [2.75, 3.05) is 56.0 Å². The van der Waals surface area contributed by atoms with Crippen molar-refractivity contribution in [1.82, 2.24) is 29.1 Å². The Bertz CT molecular complexity index is 2100. The van der Waals surface area contributed by atoms with E-state index in [1.54, 1.807) is 22.8 Å². The van der Waals surface area contributed by atoms with Gasteiger partial charge in [-0.3, -0.25) is 14.9 Å². The number of carbonyl (C=O) groups is 2. The number of fused-ring (bicyclic) bond motifs is 1. The molecule has 0 spiro atoms. The summed E-state index contributed by atoms with van der Waals surface area (Å²) in [7, 11) is -1.56. The zero-order chi connectivity index (χ0) is 37.4. The topological polar surface area (TPSA) is 133 Å². The first kappa shape index (κ1) is 36.9. The highest BCUT2D eigenvalue weighted by molar-refractivity contribution is 7.89. The van der Waals surface area contributed by atoms with Crippen LogP contribution in [0.15, 0.2) is 66.0 Å². The van der Waals surface area contributed by atoms with Crippen molar-refractivity contribution in [1.29, 1.82) is 0 Å². The van der Waals surface area contributed by atoms with Gasteiger partial charge in [-0.1, -0.05) is 29.8 Å². The van der Waals surface area contributed by atoms with Crippen LogP contribution in [0, 0.1) is 5.92 Å². The number of hydrogen-bond acceptors (Lipinski definition) is 9. The van der Waals surface area contributed by atoms with E-state index >= 15 is 0 Å². The van der Waals surface area contributed by atoms with E-state index in [2.05, 4.69) is 59.4 Å². The summed E-state index contributed by atoms with van der Waals surface area (Å²) < 4.78 is 31.1. The Labute approximate surface area is 322 Å². The summed E-state index contributed by atoms with van der Waals surface area (Å²) >= 11 is 5.90. The lowest BCUT2D eigenvalue weighted by atomic mass is 9.86. The van der Waals surface area contributed by atoms with Crippen molar-refractivity contribution < 1.29 is 18.0 Å². The number of likely N-dealkylation sites (tertiary alicyclic amines) is 1. The van der Waals surface area contributed by atoms with E-state index < -0.39 is 10.0 Å². The van der Waals surface area contributed by atoms with E-state index in [0.29, 0.717) is 66.5 Å². The van der Waals surface area contributed by atoms with E-state index in [4.69, 9.17) is 11.6 Å². The van der Waals surface area contributed by atoms with Gasteiger partial charge in [0.2, 0.25) is 27.8 Å². The zero-order valence-corrected chi connectivity index (χ0v) is 32.4. The normalized spacial score (nSPS) is 21.8. The summed E-state index contributed by atoms with van der Waals surface area (Å²) in [6.07, 6.45) is 11.9. The number of amides is 2. The van der Waals surface area contributed by atoms with Crippen molar-refractivity contribution in [2.24, 2.45) is 13.0 Å². The number of hydrogen-bond donors (Lipinski definition) is 2. The molecule has 2 amide bonds. The minimum absolute atomic E-state index is 0.102. The average molecular weight is 773 g/mol. The molecule has 0 saturated carbocycles. The van der Waals surface area contributed by atoms with Crippen LogP contribution in [0.3, 0.4) is 0 Å². The second kappa shape index (κ2) is 15.6. The molecule has 0 radical (unpaired) electrons. The number of rotatable bonds is 9. The van der Waals surface area contributed by atoms with E-state index in [0.717, 1.165) is 80.6 Å². The number of imide groups is 1. The van der Waals surface area contributed by atoms with Gasteiger partial charge in [-0.2, -0.15) is 4.31 Å². The van der Waals surface area contributed by atoms with Gasteiger partial charge in [0, 0.05) is 75.0 Å². The lowest BCUT2D eigenvalue weighted by Crippen LogP contribution is -2.42. The Hall–Kier alpha value is -4.04. The standard InChI is InChI=1S/C40H49ClN8O4S/c1-46-26-36(35-7-8-38(50)45-39(35)51)34-6-5-29(21-37(34)46)28-11-15-47(16-12-28)25-27-9-17-48(18-10-27)32-3-2-4-33(22-32)54(52,53)49-19-13-31(14-20-49)44-40-42-23-30(41)24-43-40/h2-6,21-24,26-28,31,35H,7-20,25H2,1H3,(H,42,43,44)(H,45,50,51). The molecule has 4 fully saturated rings. The number of sulfonamides is 1. The van der Waals surface area contributed by atoms with Crippen LogP contribution in [0.25, 0.3) is 10.9 Å². The van der Waals surface area contributed by atoms with Crippen LogP contribution in [0.2, 0.25) is 5.02 Å². The highest BCUT2D eigenvalue weighted by atomic mass is 35.5. The van der Waals surface area contributed by atoms with Gasteiger partial charge in [-0.15, -0.1) is 0 Å². The predicted octanol–water partition coefficient (Wildman–Crippen LogP) is 5.50. The molecule has 1 atom stereocenters. The van der Waals surface area contributed by atoms with Crippen molar-refractivity contribution >= 4 is 56.0 Å². The number of nitrogens with zero attached hydrogens (tertiary/aromatic N) is 6. The number of carbonyl (C=O) groups excluding carboxylic acids is 2. The molecule has 2 aromatic carbocycles. The van der Waals surface area contributed by atoms with Gasteiger partial charge in [0.1, 0.15) is 0 Å². The smallest absolute Gasteiger partial charge is 0.243 e. The number of anilines is 2. The molecule has 4 aliphatic heterocycles. The predicted molar refractivity (Wildman–Crippen MR) is 210 cm³/mol. The Morgan fingerprint density at radius 3 is 2.35 bits per heavy atom. The SMILES string of the molecule is Cn1cc(C2CCC(=O)NC2=O)c2ccc(C3CCN(CC4CCN(c5cccc(S(=O)(=O)N6CCC(Nc7ncc(Cl)cn7)CC6)c5)CC4)CC3)cc21. The fraction of sp³-hybridized carbons (Fsp3) is 0.500. The summed E-state index contributed by atoms with van der Waals surface area (Å²) in [5.74, 6) is 0.986. The molecule has 6 heterocycles. The van der Waals surface area contributed by atoms with Crippen LogP contribution in [0.5, 0.6) is 0 Å². The molecule has 14 heteroatoms. The second-order valence-electron chi connectivity index (χ2n) is 15.5. The molecule has 8 rings (SSSR count). The Kier molecular flexibility index (Phi) is 10.7. The molecule has 4 saturated heterocycles. The highest BCUT2D eigenvalue weighted by Crippen LogP contribution is 2.36. The van der Waals surface area contributed by atoms with Crippen LogP contribution < -0.4 is 15.5 Å². The summed E-state index contributed by atoms with van der Waals surface area (Å²) in [6.45, 7) is 6.00. The fourth-order valence-corrected chi connectivity index (χ4v) is 10.5. The van der Waals surface area contributed by atoms with Crippen LogP contribution in [-0.2, 0) is 26.7 Å². The number of benzene rings is 2. The summed E-state index contributed by atoms with van der Waals surface area (Å²) in [5.41, 5.74) is 4.49. The third-order valence-corrected chi connectivity index (χ3v) is 14.2. The van der Waals surface area contributed by atoms with Gasteiger partial charge in [0.25, 0.3) is 0 Å². The van der Waals surface area contributed by atoms with E-state index in [1.807, 2.05) is 25.2 Å². The van der Waals surface area contributed by atoms with E-state index in [9.17, 15) is 18.0 Å². The first-order chi connectivity index (χ1) is 26.1. The summed E-state index contributed by atoms with van der Waals surface area (Å²) in [4.78, 5) is 38.0. The molecule has 54 heavy (non-hydrogen) atoms. The summed E-state index contributed by atoms with van der Waals surface area (Å²) in [5, 5.41) is 7.39. The molecule has 0 bridgehead atoms.